The summed E-state index contributed by atoms with van der Waals surface area (Å²) in [6.07, 6.45) is 4.46. The quantitative estimate of drug-likeness (QED) is 0.273. The molecule has 0 spiro atoms. The van der Waals surface area contributed by atoms with Gasteiger partial charge in [0, 0.05) is 23.0 Å². The van der Waals surface area contributed by atoms with Crippen LogP contribution in [0.25, 0.3) is 10.8 Å². The summed E-state index contributed by atoms with van der Waals surface area (Å²) in [7, 11) is 0. The first-order chi connectivity index (χ1) is 15.1. The number of rotatable bonds is 8. The normalized spacial score (nSPS) is 12.7. The van der Waals surface area contributed by atoms with Crippen LogP contribution in [0.2, 0.25) is 0 Å². The highest BCUT2D eigenvalue weighted by Gasteiger charge is 2.28. The third-order valence-corrected chi connectivity index (χ3v) is 10.9. The summed E-state index contributed by atoms with van der Waals surface area (Å²) in [5.41, 5.74) is 2.31. The van der Waals surface area contributed by atoms with Crippen LogP contribution in [0.4, 0.5) is 0 Å². The number of pyridine rings is 1. The van der Waals surface area contributed by atoms with Crippen molar-refractivity contribution in [3.05, 3.63) is 102 Å². The zero-order chi connectivity index (χ0) is 21.7. The Kier molecular flexibility index (Phi) is 7.00. The van der Waals surface area contributed by atoms with E-state index in [0.29, 0.717) is 5.92 Å². The van der Waals surface area contributed by atoms with E-state index in [9.17, 15) is 0 Å². The van der Waals surface area contributed by atoms with Crippen molar-refractivity contribution in [2.45, 2.75) is 39.0 Å². The molecule has 0 bridgehead atoms. The van der Waals surface area contributed by atoms with Gasteiger partial charge in [-0.25, -0.2) is 0 Å². The van der Waals surface area contributed by atoms with Crippen LogP contribution in [-0.2, 0) is 11.8 Å². The zero-order valence-corrected chi connectivity index (χ0v) is 20.1. The van der Waals surface area contributed by atoms with Gasteiger partial charge in [0.25, 0.3) is 0 Å². The number of aryl methyl sites for hydroxylation is 1. The molecule has 31 heavy (non-hydrogen) atoms. The maximum absolute atomic E-state index is 6.60. The van der Waals surface area contributed by atoms with Gasteiger partial charge < -0.3 is 0 Å². The summed E-state index contributed by atoms with van der Waals surface area (Å²) in [5, 5.41) is 5.15. The van der Waals surface area contributed by atoms with Crippen LogP contribution < -0.4 is 10.6 Å². The molecule has 0 amide bonds. The molecule has 1 heterocycles. The molecule has 1 aromatic heterocycles. The predicted octanol–water partition coefficient (Wildman–Crippen LogP) is 6.95. The summed E-state index contributed by atoms with van der Waals surface area (Å²) in [6, 6.07) is 30.5. The van der Waals surface area contributed by atoms with Crippen LogP contribution in [0.5, 0.6) is 0 Å². The van der Waals surface area contributed by atoms with Gasteiger partial charge in [-0.15, -0.1) is 0 Å². The Balaban J connectivity index is 1.86. The largest absolute Gasteiger partial charge is 0.257 e. The molecule has 0 aliphatic carbocycles. The van der Waals surface area contributed by atoms with Gasteiger partial charge in [-0.3, -0.25) is 4.98 Å². The highest BCUT2D eigenvalue weighted by atomic mass is 32.4. The van der Waals surface area contributed by atoms with Crippen LogP contribution in [0.15, 0.2) is 91.0 Å². The second-order valence-corrected chi connectivity index (χ2v) is 13.0. The van der Waals surface area contributed by atoms with E-state index < -0.39 is 6.04 Å². The van der Waals surface area contributed by atoms with Crippen LogP contribution in [0, 0.1) is 6.92 Å². The molecule has 3 heteroatoms. The lowest BCUT2D eigenvalue weighted by molar-refractivity contribution is 0.619. The Morgan fingerprint density at radius 2 is 1.42 bits per heavy atom. The smallest absolute Gasteiger partial charge is 0.0519 e. The average molecular weight is 444 g/mol. The molecule has 1 nitrogen and oxygen atoms in total. The average Bonchev–Trinajstić information content (AvgIpc) is 2.82. The van der Waals surface area contributed by atoms with Crippen molar-refractivity contribution in [1.29, 1.82) is 0 Å². The van der Waals surface area contributed by atoms with Crippen molar-refractivity contribution in [3.8, 4) is 0 Å². The van der Waals surface area contributed by atoms with E-state index in [1.54, 1.807) is 0 Å². The Morgan fingerprint density at radius 3 is 2.03 bits per heavy atom. The lowest BCUT2D eigenvalue weighted by Crippen LogP contribution is -2.22. The van der Waals surface area contributed by atoms with Gasteiger partial charge >= 0.3 is 0 Å². The number of nitrogens with zero attached hydrogens (tertiary/aromatic N) is 1. The lowest BCUT2D eigenvalue weighted by atomic mass is 9.95. The molecule has 4 aromatic rings. The highest BCUT2D eigenvalue weighted by molar-refractivity contribution is 8.21. The molecule has 0 saturated carbocycles. The second-order valence-electron chi connectivity index (χ2n) is 8.30. The molecule has 0 aliphatic rings. The van der Waals surface area contributed by atoms with Crippen LogP contribution in [0.1, 0.15) is 43.5 Å². The molecule has 0 N–H and O–H groups in total. The Morgan fingerprint density at radius 1 is 0.839 bits per heavy atom. The summed E-state index contributed by atoms with van der Waals surface area (Å²) >= 11 is 6.60. The number of benzene rings is 3. The first kappa shape index (κ1) is 21.9. The molecule has 158 valence electrons. The molecule has 3 aromatic carbocycles. The Labute approximate surface area is 191 Å². The monoisotopic (exact) mass is 443 g/mol. The topological polar surface area (TPSA) is 12.9 Å². The Hall–Kier alpha value is -2.28. The molecular weight excluding hydrogens is 413 g/mol. The fourth-order valence-electron chi connectivity index (χ4n) is 4.45. The van der Waals surface area contributed by atoms with Crippen molar-refractivity contribution in [2.24, 2.45) is 0 Å². The van der Waals surface area contributed by atoms with Crippen LogP contribution >= 0.6 is 6.04 Å². The van der Waals surface area contributed by atoms with E-state index in [1.807, 2.05) is 0 Å². The number of aromatic nitrogens is 1. The van der Waals surface area contributed by atoms with E-state index in [-0.39, 0.29) is 0 Å². The fourth-order valence-corrected chi connectivity index (χ4v) is 8.72. The van der Waals surface area contributed by atoms with Crippen molar-refractivity contribution in [1.82, 2.24) is 4.98 Å². The molecule has 0 fully saturated rings. The minimum absolute atomic E-state index is 0.344. The van der Waals surface area contributed by atoms with Gasteiger partial charge in [0.2, 0.25) is 0 Å². The first-order valence-corrected chi connectivity index (χ1v) is 14.2. The van der Waals surface area contributed by atoms with Crippen molar-refractivity contribution in [2.75, 3.05) is 6.16 Å². The number of hydrogen-bond donors (Lipinski definition) is 0. The first-order valence-electron chi connectivity index (χ1n) is 11.2. The standard InChI is InChI=1S/C28H30NPS/c1-3-4-13-24(28-27-19-12-11-14-23(27)20-22(2)29-28)21-30(31,25-15-7-5-8-16-25)26-17-9-6-10-18-26/h5-12,14-20,24H,3-4,13,21H2,1-2H3. The fraction of sp³-hybridized carbons (Fsp3) is 0.250. The molecule has 1 unspecified atom stereocenters. The van der Waals surface area contributed by atoms with Gasteiger partial charge in [0.05, 0.1) is 5.69 Å². The minimum Gasteiger partial charge on any atom is -0.257 e. The van der Waals surface area contributed by atoms with E-state index in [2.05, 4.69) is 105 Å². The maximum atomic E-state index is 6.60. The molecule has 0 aliphatic heterocycles. The number of fused-ring (bicyclic) bond motifs is 1. The summed E-state index contributed by atoms with van der Waals surface area (Å²) in [4.78, 5) is 5.10. The van der Waals surface area contributed by atoms with E-state index >= 15 is 0 Å². The van der Waals surface area contributed by atoms with Gasteiger partial charge in [-0.2, -0.15) is 0 Å². The molecule has 4 rings (SSSR count). The van der Waals surface area contributed by atoms with E-state index in [0.717, 1.165) is 18.3 Å². The minimum atomic E-state index is -1.99. The Bertz CT molecular complexity index is 1140. The van der Waals surface area contributed by atoms with Gasteiger partial charge in [-0.05, 0) is 41.6 Å². The molecular formula is C28H30NPS. The summed E-state index contributed by atoms with van der Waals surface area (Å²) < 4.78 is 0. The number of hydrogen-bond acceptors (Lipinski definition) is 2. The van der Waals surface area contributed by atoms with Crippen molar-refractivity contribution < 1.29 is 0 Å². The van der Waals surface area contributed by atoms with Gasteiger partial charge in [-0.1, -0.05) is 117 Å². The van der Waals surface area contributed by atoms with Crippen molar-refractivity contribution >= 4 is 39.2 Å². The van der Waals surface area contributed by atoms with Crippen LogP contribution in [0.3, 0.4) is 0 Å². The van der Waals surface area contributed by atoms with E-state index in [4.69, 9.17) is 16.8 Å². The van der Waals surface area contributed by atoms with Gasteiger partial charge in [0.15, 0.2) is 0 Å². The highest BCUT2D eigenvalue weighted by Crippen LogP contribution is 2.49. The third-order valence-electron chi connectivity index (χ3n) is 6.01. The maximum Gasteiger partial charge on any atom is 0.0519 e. The second kappa shape index (κ2) is 9.90. The summed E-state index contributed by atoms with van der Waals surface area (Å²) in [6.45, 7) is 4.38. The molecule has 0 radical (unpaired) electrons. The lowest BCUT2D eigenvalue weighted by Gasteiger charge is -2.29. The zero-order valence-electron chi connectivity index (χ0n) is 18.4. The summed E-state index contributed by atoms with van der Waals surface area (Å²) in [5.74, 6) is 0.344. The van der Waals surface area contributed by atoms with Crippen LogP contribution in [-0.4, -0.2) is 11.1 Å². The van der Waals surface area contributed by atoms with Gasteiger partial charge in [0.1, 0.15) is 0 Å². The SMILES string of the molecule is CCCCC(CP(=S)(c1ccccc1)c1ccccc1)c1nc(C)cc2ccccc12. The molecule has 0 saturated heterocycles. The van der Waals surface area contributed by atoms with Crippen molar-refractivity contribution in [3.63, 3.8) is 0 Å². The predicted molar refractivity (Wildman–Crippen MR) is 140 cm³/mol. The van der Waals surface area contributed by atoms with E-state index in [1.165, 1.54) is 39.9 Å². The molecule has 1 atom stereocenters. The third kappa shape index (κ3) is 4.81. The number of unbranched alkanes of at least 4 members (excludes halogenated alkanes) is 1.